The van der Waals surface area contributed by atoms with Crippen LogP contribution in [-0.4, -0.2) is 40.9 Å². The summed E-state index contributed by atoms with van der Waals surface area (Å²) in [6.45, 7) is 12.5. The van der Waals surface area contributed by atoms with E-state index in [0.29, 0.717) is 18.4 Å². The van der Waals surface area contributed by atoms with E-state index in [2.05, 4.69) is 61.1 Å². The molecule has 0 bridgehead atoms. The topological polar surface area (TPSA) is 28.2 Å². The van der Waals surface area contributed by atoms with Crippen LogP contribution < -0.4 is 5.32 Å². The van der Waals surface area contributed by atoms with Crippen molar-refractivity contribution in [3.05, 3.63) is 53.4 Å². The lowest BCUT2D eigenvalue weighted by Crippen LogP contribution is -2.51. The van der Waals surface area contributed by atoms with E-state index in [-0.39, 0.29) is 16.8 Å². The molecule has 0 spiro atoms. The molecule has 1 unspecified atom stereocenters. The summed E-state index contributed by atoms with van der Waals surface area (Å²) in [4.78, 5) is 6.09. The molecule has 32 heavy (non-hydrogen) atoms. The molecular formula is C25H35ClF3N3. The van der Waals surface area contributed by atoms with E-state index in [1.165, 1.54) is 17.8 Å². The molecule has 178 valence electrons. The minimum atomic E-state index is -4.40. The van der Waals surface area contributed by atoms with Crippen molar-refractivity contribution in [1.29, 1.82) is 0 Å². The Kier molecular flexibility index (Phi) is 8.11. The van der Waals surface area contributed by atoms with Crippen LogP contribution >= 0.6 is 11.6 Å². The Bertz CT molecular complexity index is 815. The Balaban J connectivity index is 1.57. The van der Waals surface area contributed by atoms with E-state index in [1.54, 1.807) is 0 Å². The molecule has 3 rings (SSSR count). The maximum Gasteiger partial charge on any atom is 0.433 e. The number of hydrogen-bond donors (Lipinski definition) is 1. The number of nitrogens with zero attached hydrogens (tertiary/aromatic N) is 2. The number of hydrogen-bond acceptors (Lipinski definition) is 3. The average molecular weight is 470 g/mol. The van der Waals surface area contributed by atoms with Crippen LogP contribution in [0.4, 0.5) is 13.2 Å². The summed E-state index contributed by atoms with van der Waals surface area (Å²) >= 11 is 6.20. The van der Waals surface area contributed by atoms with Gasteiger partial charge in [0.05, 0.1) is 5.38 Å². The molecule has 0 radical (unpaired) electrons. The minimum Gasteiger partial charge on any atom is -0.308 e. The first-order valence-electron chi connectivity index (χ1n) is 11.5. The predicted octanol–water partition coefficient (Wildman–Crippen LogP) is 6.06. The second-order valence-corrected chi connectivity index (χ2v) is 10.7. The fourth-order valence-electron chi connectivity index (χ4n) is 4.85. The number of likely N-dealkylation sites (tertiary alicyclic amines) is 1. The summed E-state index contributed by atoms with van der Waals surface area (Å²) in [5.74, 6) is 0.936. The third-order valence-electron chi connectivity index (χ3n) is 6.73. The number of rotatable bonds is 7. The van der Waals surface area contributed by atoms with Gasteiger partial charge in [-0.05, 0) is 53.8 Å². The van der Waals surface area contributed by atoms with Crippen molar-refractivity contribution in [2.24, 2.45) is 17.3 Å². The third-order valence-corrected chi connectivity index (χ3v) is 7.05. The monoisotopic (exact) mass is 469 g/mol. The zero-order valence-corrected chi connectivity index (χ0v) is 20.2. The first-order valence-corrected chi connectivity index (χ1v) is 11.9. The molecular weight excluding hydrogens is 435 g/mol. The van der Waals surface area contributed by atoms with Gasteiger partial charge in [0.15, 0.2) is 0 Å². The van der Waals surface area contributed by atoms with Gasteiger partial charge in [0.25, 0.3) is 0 Å². The normalized spacial score (nSPS) is 25.1. The minimum absolute atomic E-state index is 0.111. The molecule has 1 N–H and O–H groups in total. The second kappa shape index (κ2) is 10.3. The Morgan fingerprint density at radius 3 is 2.56 bits per heavy atom. The zero-order valence-electron chi connectivity index (χ0n) is 19.4. The maximum absolute atomic E-state index is 12.7. The summed E-state index contributed by atoms with van der Waals surface area (Å²) in [7, 11) is 0. The lowest BCUT2D eigenvalue weighted by molar-refractivity contribution is -0.141. The number of aromatic nitrogens is 1. The molecule has 2 heterocycles. The lowest BCUT2D eigenvalue weighted by Gasteiger charge is -2.46. The molecule has 0 saturated carbocycles. The van der Waals surface area contributed by atoms with Crippen molar-refractivity contribution >= 4 is 11.6 Å². The van der Waals surface area contributed by atoms with Crippen LogP contribution in [0.1, 0.15) is 51.8 Å². The summed E-state index contributed by atoms with van der Waals surface area (Å²) < 4.78 is 38.2. The summed E-state index contributed by atoms with van der Waals surface area (Å²) in [5.41, 5.74) is 1.49. The van der Waals surface area contributed by atoms with Gasteiger partial charge in [-0.3, -0.25) is 4.98 Å². The van der Waals surface area contributed by atoms with E-state index in [9.17, 15) is 13.2 Å². The Morgan fingerprint density at radius 2 is 2.03 bits per heavy atom. The van der Waals surface area contributed by atoms with Gasteiger partial charge in [0.2, 0.25) is 0 Å². The zero-order chi connectivity index (χ0) is 23.5. The van der Waals surface area contributed by atoms with Crippen LogP contribution in [0.2, 0.25) is 0 Å². The molecule has 1 aromatic rings. The van der Waals surface area contributed by atoms with Gasteiger partial charge < -0.3 is 10.2 Å². The van der Waals surface area contributed by atoms with Gasteiger partial charge in [0, 0.05) is 31.9 Å². The average Bonchev–Trinajstić information content (AvgIpc) is 2.71. The maximum atomic E-state index is 12.7. The summed E-state index contributed by atoms with van der Waals surface area (Å²) in [5, 5.41) is 3.66. The molecule has 1 aliphatic carbocycles. The summed E-state index contributed by atoms with van der Waals surface area (Å²) in [6, 6.07) is 2.80. The number of halogens is 4. The van der Waals surface area contributed by atoms with E-state index in [0.717, 1.165) is 44.1 Å². The van der Waals surface area contributed by atoms with Crippen LogP contribution in [0, 0.1) is 17.3 Å². The number of alkyl halides is 4. The number of piperidine rings is 1. The molecule has 1 fully saturated rings. The van der Waals surface area contributed by atoms with Gasteiger partial charge in [-0.2, -0.15) is 13.2 Å². The van der Waals surface area contributed by atoms with Crippen molar-refractivity contribution in [3.8, 4) is 0 Å². The van der Waals surface area contributed by atoms with Gasteiger partial charge >= 0.3 is 6.18 Å². The predicted molar refractivity (Wildman–Crippen MR) is 125 cm³/mol. The van der Waals surface area contributed by atoms with E-state index in [4.69, 9.17) is 11.6 Å². The van der Waals surface area contributed by atoms with Crippen molar-refractivity contribution in [2.75, 3.05) is 19.6 Å². The highest BCUT2D eigenvalue weighted by Crippen LogP contribution is 2.41. The second-order valence-electron chi connectivity index (χ2n) is 10.2. The largest absolute Gasteiger partial charge is 0.433 e. The van der Waals surface area contributed by atoms with Crippen molar-refractivity contribution in [2.45, 2.75) is 64.7 Å². The van der Waals surface area contributed by atoms with Crippen molar-refractivity contribution in [3.63, 3.8) is 0 Å². The molecule has 0 amide bonds. The van der Waals surface area contributed by atoms with Crippen molar-refractivity contribution < 1.29 is 13.2 Å². The Labute approximate surface area is 195 Å². The number of nitrogens with one attached hydrogen (secondary N) is 1. The highest BCUT2D eigenvalue weighted by molar-refractivity contribution is 6.22. The summed E-state index contributed by atoms with van der Waals surface area (Å²) in [6.07, 6.45) is 5.55. The quantitative estimate of drug-likeness (QED) is 0.492. The van der Waals surface area contributed by atoms with Gasteiger partial charge in [-0.1, -0.05) is 52.0 Å². The molecule has 1 aromatic heterocycles. The van der Waals surface area contributed by atoms with Crippen LogP contribution in [0.5, 0.6) is 0 Å². The SMILES string of the molecule is CC(C)[C@H](CN1CC[C@H](C2=CCC(Cl)C=C2)C(C)(C)C1)NCc1ccc(C(F)(F)F)nc1. The van der Waals surface area contributed by atoms with Gasteiger partial charge in [-0.25, -0.2) is 0 Å². The molecule has 1 saturated heterocycles. The molecule has 3 atom stereocenters. The molecule has 0 aromatic carbocycles. The first-order chi connectivity index (χ1) is 15.0. The Hall–Kier alpha value is -1.37. The first kappa shape index (κ1) is 25.3. The van der Waals surface area contributed by atoms with E-state index in [1.807, 2.05) is 0 Å². The third kappa shape index (κ3) is 6.58. The van der Waals surface area contributed by atoms with Crippen LogP contribution in [0.15, 0.2) is 42.1 Å². The molecule has 7 heteroatoms. The molecule has 2 aliphatic rings. The highest BCUT2D eigenvalue weighted by atomic mass is 35.5. The number of allylic oxidation sites excluding steroid dienone is 4. The highest BCUT2D eigenvalue weighted by Gasteiger charge is 2.38. The smallest absolute Gasteiger partial charge is 0.308 e. The fourth-order valence-corrected chi connectivity index (χ4v) is 5.01. The van der Waals surface area contributed by atoms with Crippen LogP contribution in [0.3, 0.4) is 0 Å². The van der Waals surface area contributed by atoms with E-state index < -0.39 is 11.9 Å². The van der Waals surface area contributed by atoms with Gasteiger partial charge in [-0.15, -0.1) is 11.6 Å². The van der Waals surface area contributed by atoms with Gasteiger partial charge in [0.1, 0.15) is 5.69 Å². The van der Waals surface area contributed by atoms with Crippen molar-refractivity contribution in [1.82, 2.24) is 15.2 Å². The fraction of sp³-hybridized carbons (Fsp3) is 0.640. The van der Waals surface area contributed by atoms with E-state index >= 15 is 0 Å². The Morgan fingerprint density at radius 1 is 1.28 bits per heavy atom. The number of pyridine rings is 1. The van der Waals surface area contributed by atoms with Crippen LogP contribution in [-0.2, 0) is 12.7 Å². The standard InChI is InChI=1S/C25H35ClF3N3/c1-17(2)22(30-13-18-5-10-23(31-14-18)25(27,28)29)15-32-12-11-21(24(3,4)16-32)19-6-8-20(26)9-7-19/h5-8,10,14,17,20-22,30H,9,11-13,15-16H2,1-4H3/t20?,21-,22+/m1/s1. The molecule has 3 nitrogen and oxygen atoms in total. The lowest BCUT2D eigenvalue weighted by atomic mass is 9.69. The van der Waals surface area contributed by atoms with Crippen LogP contribution in [0.25, 0.3) is 0 Å². The molecule has 1 aliphatic heterocycles.